The smallest absolute Gasteiger partial charge is 0.129 e. The SMILES string of the molecule is OC(Cc1c(F)cccc1F)c1ccccc1. The number of aliphatic hydroxyl groups is 1. The number of hydrogen-bond acceptors (Lipinski definition) is 1. The van der Waals surface area contributed by atoms with Crippen LogP contribution >= 0.6 is 0 Å². The van der Waals surface area contributed by atoms with E-state index in [1.54, 1.807) is 24.3 Å². The van der Waals surface area contributed by atoms with Gasteiger partial charge in [-0.3, -0.25) is 0 Å². The van der Waals surface area contributed by atoms with Crippen LogP contribution < -0.4 is 0 Å². The number of halogens is 2. The van der Waals surface area contributed by atoms with Gasteiger partial charge in [-0.1, -0.05) is 36.4 Å². The second-order valence-electron chi connectivity index (χ2n) is 3.83. The monoisotopic (exact) mass is 234 g/mol. The molecule has 1 unspecified atom stereocenters. The molecule has 1 N–H and O–H groups in total. The van der Waals surface area contributed by atoms with Gasteiger partial charge in [0.1, 0.15) is 11.6 Å². The summed E-state index contributed by atoms with van der Waals surface area (Å²) in [7, 11) is 0. The summed E-state index contributed by atoms with van der Waals surface area (Å²) in [6.07, 6.45) is -0.967. The van der Waals surface area contributed by atoms with Crippen molar-refractivity contribution in [2.24, 2.45) is 0 Å². The quantitative estimate of drug-likeness (QED) is 0.864. The number of hydrogen-bond donors (Lipinski definition) is 1. The van der Waals surface area contributed by atoms with E-state index in [9.17, 15) is 13.9 Å². The molecule has 0 spiro atoms. The van der Waals surface area contributed by atoms with E-state index in [-0.39, 0.29) is 12.0 Å². The fourth-order valence-corrected chi connectivity index (χ4v) is 1.71. The van der Waals surface area contributed by atoms with E-state index < -0.39 is 17.7 Å². The summed E-state index contributed by atoms with van der Waals surface area (Å²) in [6, 6.07) is 12.5. The Morgan fingerprint density at radius 2 is 1.47 bits per heavy atom. The van der Waals surface area contributed by atoms with Gasteiger partial charge in [-0.15, -0.1) is 0 Å². The number of aliphatic hydroxyl groups excluding tert-OH is 1. The Morgan fingerprint density at radius 3 is 2.06 bits per heavy atom. The van der Waals surface area contributed by atoms with Gasteiger partial charge in [-0.25, -0.2) is 8.78 Å². The van der Waals surface area contributed by atoms with E-state index in [1.165, 1.54) is 18.2 Å². The molecule has 0 aliphatic carbocycles. The Hall–Kier alpha value is -1.74. The lowest BCUT2D eigenvalue weighted by molar-refractivity contribution is 0.175. The summed E-state index contributed by atoms with van der Waals surface area (Å²) in [5.41, 5.74) is 0.569. The van der Waals surface area contributed by atoms with Crippen LogP contribution in [0, 0.1) is 11.6 Å². The van der Waals surface area contributed by atoms with Crippen LogP contribution in [0.4, 0.5) is 8.78 Å². The van der Waals surface area contributed by atoms with Crippen molar-refractivity contribution in [1.29, 1.82) is 0 Å². The molecule has 0 aliphatic heterocycles. The molecule has 0 saturated heterocycles. The van der Waals surface area contributed by atoms with Crippen LogP contribution in [0.1, 0.15) is 17.2 Å². The van der Waals surface area contributed by atoms with Crippen LogP contribution in [0.2, 0.25) is 0 Å². The van der Waals surface area contributed by atoms with Gasteiger partial charge in [0, 0.05) is 12.0 Å². The van der Waals surface area contributed by atoms with Crippen LogP contribution in [0.3, 0.4) is 0 Å². The second-order valence-corrected chi connectivity index (χ2v) is 3.83. The maximum absolute atomic E-state index is 13.4. The summed E-state index contributed by atoms with van der Waals surface area (Å²) in [4.78, 5) is 0. The second kappa shape index (κ2) is 5.06. The molecule has 3 heteroatoms. The molecule has 1 atom stereocenters. The molecule has 17 heavy (non-hydrogen) atoms. The van der Waals surface area contributed by atoms with Crippen molar-refractivity contribution in [1.82, 2.24) is 0 Å². The molecule has 0 fully saturated rings. The van der Waals surface area contributed by atoms with Gasteiger partial charge >= 0.3 is 0 Å². The average molecular weight is 234 g/mol. The molecule has 2 rings (SSSR count). The van der Waals surface area contributed by atoms with Crippen LogP contribution in [0.15, 0.2) is 48.5 Å². The van der Waals surface area contributed by atoms with Gasteiger partial charge in [-0.05, 0) is 17.7 Å². The molecule has 2 aromatic carbocycles. The Bertz CT molecular complexity index is 477. The zero-order valence-electron chi connectivity index (χ0n) is 9.11. The van der Waals surface area contributed by atoms with Gasteiger partial charge in [0.25, 0.3) is 0 Å². The van der Waals surface area contributed by atoms with E-state index in [2.05, 4.69) is 0 Å². The van der Waals surface area contributed by atoms with E-state index in [4.69, 9.17) is 0 Å². The minimum absolute atomic E-state index is 0.0669. The van der Waals surface area contributed by atoms with Gasteiger partial charge in [0.2, 0.25) is 0 Å². The summed E-state index contributed by atoms with van der Waals surface area (Å²) in [5, 5.41) is 9.89. The molecule has 0 bridgehead atoms. The third kappa shape index (κ3) is 2.68. The van der Waals surface area contributed by atoms with Crippen molar-refractivity contribution in [2.75, 3.05) is 0 Å². The molecule has 0 saturated carbocycles. The van der Waals surface area contributed by atoms with E-state index in [0.29, 0.717) is 5.56 Å². The predicted octanol–water partition coefficient (Wildman–Crippen LogP) is 3.24. The highest BCUT2D eigenvalue weighted by molar-refractivity contribution is 5.24. The molecule has 2 aromatic rings. The third-order valence-corrected chi connectivity index (χ3v) is 2.64. The Labute approximate surface area is 98.3 Å². The Kier molecular flexibility index (Phi) is 3.49. The molecular weight excluding hydrogens is 222 g/mol. The van der Waals surface area contributed by atoms with Gasteiger partial charge in [0.15, 0.2) is 0 Å². The third-order valence-electron chi connectivity index (χ3n) is 2.64. The lowest BCUT2D eigenvalue weighted by Gasteiger charge is -2.12. The molecule has 0 aliphatic rings. The van der Waals surface area contributed by atoms with E-state index in [1.807, 2.05) is 6.07 Å². The Balaban J connectivity index is 2.22. The highest BCUT2D eigenvalue weighted by Gasteiger charge is 2.14. The topological polar surface area (TPSA) is 20.2 Å². The maximum atomic E-state index is 13.4. The maximum Gasteiger partial charge on any atom is 0.129 e. The molecule has 0 amide bonds. The molecule has 0 aromatic heterocycles. The fraction of sp³-hybridized carbons (Fsp3) is 0.143. The lowest BCUT2D eigenvalue weighted by Crippen LogP contribution is -2.05. The van der Waals surface area contributed by atoms with Crippen molar-refractivity contribution in [3.8, 4) is 0 Å². The minimum atomic E-state index is -0.900. The zero-order valence-corrected chi connectivity index (χ0v) is 9.11. The van der Waals surface area contributed by atoms with Gasteiger partial charge in [-0.2, -0.15) is 0 Å². The summed E-state index contributed by atoms with van der Waals surface area (Å²) < 4.78 is 26.8. The van der Waals surface area contributed by atoms with Crippen molar-refractivity contribution < 1.29 is 13.9 Å². The lowest BCUT2D eigenvalue weighted by atomic mass is 10.0. The fourth-order valence-electron chi connectivity index (χ4n) is 1.71. The van der Waals surface area contributed by atoms with E-state index in [0.717, 1.165) is 0 Å². The highest BCUT2D eigenvalue weighted by Crippen LogP contribution is 2.21. The first-order valence-electron chi connectivity index (χ1n) is 5.34. The zero-order chi connectivity index (χ0) is 12.3. The molecule has 0 heterocycles. The Morgan fingerprint density at radius 1 is 0.882 bits per heavy atom. The van der Waals surface area contributed by atoms with Crippen molar-refractivity contribution in [3.63, 3.8) is 0 Å². The van der Waals surface area contributed by atoms with Crippen LogP contribution in [-0.2, 0) is 6.42 Å². The molecule has 0 radical (unpaired) electrons. The highest BCUT2D eigenvalue weighted by atomic mass is 19.1. The summed E-state index contributed by atoms with van der Waals surface area (Å²) >= 11 is 0. The molecule has 1 nitrogen and oxygen atoms in total. The largest absolute Gasteiger partial charge is 0.388 e. The predicted molar refractivity (Wildman–Crippen MR) is 61.5 cm³/mol. The normalized spacial score (nSPS) is 12.4. The number of benzene rings is 2. The van der Waals surface area contributed by atoms with Crippen LogP contribution in [-0.4, -0.2) is 5.11 Å². The first-order valence-corrected chi connectivity index (χ1v) is 5.34. The van der Waals surface area contributed by atoms with E-state index >= 15 is 0 Å². The molecular formula is C14H12F2O. The van der Waals surface area contributed by atoms with Crippen LogP contribution in [0.5, 0.6) is 0 Å². The van der Waals surface area contributed by atoms with Crippen LogP contribution in [0.25, 0.3) is 0 Å². The standard InChI is InChI=1S/C14H12F2O/c15-12-7-4-8-13(16)11(12)9-14(17)10-5-2-1-3-6-10/h1-8,14,17H,9H2. The van der Waals surface area contributed by atoms with Crippen molar-refractivity contribution in [2.45, 2.75) is 12.5 Å². The molecule has 88 valence electrons. The van der Waals surface area contributed by atoms with Gasteiger partial charge in [0.05, 0.1) is 6.10 Å². The van der Waals surface area contributed by atoms with Crippen molar-refractivity contribution >= 4 is 0 Å². The number of rotatable bonds is 3. The average Bonchev–Trinajstić information content (AvgIpc) is 2.35. The van der Waals surface area contributed by atoms with Gasteiger partial charge < -0.3 is 5.11 Å². The first kappa shape index (κ1) is 11.7. The first-order chi connectivity index (χ1) is 8.18. The van der Waals surface area contributed by atoms with Crippen molar-refractivity contribution in [3.05, 3.63) is 71.3 Å². The minimum Gasteiger partial charge on any atom is -0.388 e. The summed E-state index contributed by atoms with van der Waals surface area (Å²) in [6.45, 7) is 0. The summed E-state index contributed by atoms with van der Waals surface area (Å²) in [5.74, 6) is -1.25.